The summed E-state index contributed by atoms with van der Waals surface area (Å²) in [5.41, 5.74) is -3.79. The maximum Gasteiger partial charge on any atom is 0.422 e. The molecular formula is C11H13F3N2O4S. The molecule has 0 aliphatic carbocycles. The Morgan fingerprint density at radius 3 is 2.19 bits per heavy atom. The first-order valence-electron chi connectivity index (χ1n) is 5.56. The topological polar surface area (TPSA) is 95.5 Å². The molecule has 118 valence electrons. The second-order valence-electron chi connectivity index (χ2n) is 4.26. The Bertz CT molecular complexity index is 645. The van der Waals surface area contributed by atoms with Crippen molar-refractivity contribution in [3.63, 3.8) is 0 Å². The van der Waals surface area contributed by atoms with Gasteiger partial charge in [0.25, 0.3) is 0 Å². The summed E-state index contributed by atoms with van der Waals surface area (Å²) in [5.74, 6) is -2.17. The number of aliphatic carboxylic acids is 1. The average Bonchev–Trinajstić information content (AvgIpc) is 2.37. The minimum Gasteiger partial charge on any atom is -0.479 e. The fourth-order valence-electron chi connectivity index (χ4n) is 1.43. The highest BCUT2D eigenvalue weighted by molar-refractivity contribution is 7.89. The van der Waals surface area contributed by atoms with Gasteiger partial charge in [0.1, 0.15) is 4.90 Å². The van der Waals surface area contributed by atoms with Gasteiger partial charge in [-0.05, 0) is 26.1 Å². The predicted molar refractivity (Wildman–Crippen MR) is 68.4 cm³/mol. The number of carboxylic acids is 1. The smallest absolute Gasteiger partial charge is 0.422 e. The molecule has 1 aromatic carbocycles. The quantitative estimate of drug-likeness (QED) is 0.760. The number of nitrogens with one attached hydrogen (secondary N) is 2. The number of carboxylic acid groups (broad SMARTS) is 1. The molecule has 0 aliphatic heterocycles. The summed E-state index contributed by atoms with van der Waals surface area (Å²) in [4.78, 5) is 10.5. The number of anilines is 1. The van der Waals surface area contributed by atoms with Crippen LogP contribution in [0, 0.1) is 0 Å². The van der Waals surface area contributed by atoms with E-state index in [-0.39, 0.29) is 0 Å². The number of benzene rings is 1. The number of halogens is 3. The van der Waals surface area contributed by atoms with Gasteiger partial charge < -0.3 is 10.4 Å². The summed E-state index contributed by atoms with van der Waals surface area (Å²) in [6.45, 7) is 0.415. The molecule has 3 N–H and O–H groups in total. The lowest BCUT2D eigenvalue weighted by atomic mass is 10.0. The maximum atomic E-state index is 12.9. The Hall–Kier alpha value is -1.81. The highest BCUT2D eigenvalue weighted by atomic mass is 32.2. The van der Waals surface area contributed by atoms with Crippen LogP contribution in [-0.2, 0) is 14.8 Å². The summed E-state index contributed by atoms with van der Waals surface area (Å²) in [5, 5.41) is 10.6. The Balaban J connectivity index is 3.41. The monoisotopic (exact) mass is 326 g/mol. The minimum atomic E-state index is -5.13. The minimum absolute atomic E-state index is 0.415. The van der Waals surface area contributed by atoms with Crippen LogP contribution in [0.3, 0.4) is 0 Å². The van der Waals surface area contributed by atoms with E-state index in [0.717, 1.165) is 19.2 Å². The summed E-state index contributed by atoms with van der Waals surface area (Å²) in [6, 6.07) is 4.71. The van der Waals surface area contributed by atoms with E-state index in [1.54, 1.807) is 5.32 Å². The largest absolute Gasteiger partial charge is 0.479 e. The van der Waals surface area contributed by atoms with E-state index in [1.807, 2.05) is 4.72 Å². The Morgan fingerprint density at radius 2 is 1.76 bits per heavy atom. The first-order valence-corrected chi connectivity index (χ1v) is 7.05. The van der Waals surface area contributed by atoms with Gasteiger partial charge >= 0.3 is 12.1 Å². The van der Waals surface area contributed by atoms with Gasteiger partial charge in [-0.3, -0.25) is 0 Å². The number of sulfonamides is 1. The first-order chi connectivity index (χ1) is 9.45. The van der Waals surface area contributed by atoms with Crippen molar-refractivity contribution in [2.75, 3.05) is 12.4 Å². The average molecular weight is 326 g/mol. The van der Waals surface area contributed by atoms with E-state index < -0.39 is 38.3 Å². The zero-order valence-electron chi connectivity index (χ0n) is 11.0. The molecule has 21 heavy (non-hydrogen) atoms. The highest BCUT2D eigenvalue weighted by Gasteiger charge is 2.57. The normalized spacial score (nSPS) is 15.3. The third-order valence-corrected chi connectivity index (χ3v) is 4.30. The molecule has 1 unspecified atom stereocenters. The fourth-order valence-corrected chi connectivity index (χ4v) is 2.32. The molecule has 0 amide bonds. The van der Waals surface area contributed by atoms with E-state index in [0.29, 0.717) is 6.92 Å². The molecule has 0 aromatic heterocycles. The third kappa shape index (κ3) is 3.27. The van der Waals surface area contributed by atoms with E-state index in [1.165, 1.54) is 12.1 Å². The van der Waals surface area contributed by atoms with Crippen molar-refractivity contribution < 1.29 is 31.5 Å². The van der Waals surface area contributed by atoms with Crippen molar-refractivity contribution in [1.29, 1.82) is 0 Å². The number of carbonyl (C=O) groups is 1. The van der Waals surface area contributed by atoms with Crippen molar-refractivity contribution in [1.82, 2.24) is 4.72 Å². The predicted octanol–water partition coefficient (Wildman–Crippen LogP) is 1.41. The van der Waals surface area contributed by atoms with Gasteiger partial charge in [-0.2, -0.15) is 13.2 Å². The SMILES string of the molecule is CNS(=O)(=O)c1ccccc1NC(C)(C(=O)O)C(F)(F)F. The lowest BCUT2D eigenvalue weighted by molar-refractivity contribution is -0.192. The van der Waals surface area contributed by atoms with Crippen molar-refractivity contribution in [2.24, 2.45) is 0 Å². The fraction of sp³-hybridized carbons (Fsp3) is 0.364. The molecule has 0 spiro atoms. The number of para-hydroxylation sites is 1. The Morgan fingerprint density at radius 1 is 1.24 bits per heavy atom. The second-order valence-corrected chi connectivity index (χ2v) is 6.11. The molecule has 0 fully saturated rings. The van der Waals surface area contributed by atoms with Crippen molar-refractivity contribution >= 4 is 21.7 Å². The van der Waals surface area contributed by atoms with Crippen LogP contribution in [0.15, 0.2) is 29.2 Å². The molecule has 0 aliphatic rings. The molecule has 0 saturated carbocycles. The molecule has 1 aromatic rings. The van der Waals surface area contributed by atoms with Gasteiger partial charge in [-0.15, -0.1) is 0 Å². The number of hydrogen-bond acceptors (Lipinski definition) is 4. The lowest BCUT2D eigenvalue weighted by Gasteiger charge is -2.30. The van der Waals surface area contributed by atoms with Crippen LogP contribution in [0.1, 0.15) is 6.92 Å². The van der Waals surface area contributed by atoms with Gasteiger partial charge in [0, 0.05) is 0 Å². The second kappa shape index (κ2) is 5.53. The van der Waals surface area contributed by atoms with Crippen LogP contribution >= 0.6 is 0 Å². The number of rotatable bonds is 5. The van der Waals surface area contributed by atoms with Crippen LogP contribution in [0.4, 0.5) is 18.9 Å². The summed E-state index contributed by atoms with van der Waals surface area (Å²) in [6.07, 6.45) is -5.13. The van der Waals surface area contributed by atoms with Crippen LogP contribution < -0.4 is 10.0 Å². The molecule has 6 nitrogen and oxygen atoms in total. The van der Waals surface area contributed by atoms with Gasteiger partial charge in [-0.1, -0.05) is 12.1 Å². The summed E-state index contributed by atoms with van der Waals surface area (Å²) < 4.78 is 64.3. The molecule has 10 heteroatoms. The first kappa shape index (κ1) is 17.2. The van der Waals surface area contributed by atoms with Crippen LogP contribution in [0.2, 0.25) is 0 Å². The zero-order chi connectivity index (χ0) is 16.5. The van der Waals surface area contributed by atoms with Gasteiger partial charge in [-0.25, -0.2) is 17.9 Å². The van der Waals surface area contributed by atoms with Gasteiger partial charge in [0.2, 0.25) is 15.6 Å². The molecule has 0 saturated heterocycles. The van der Waals surface area contributed by atoms with Gasteiger partial charge in [0.15, 0.2) is 0 Å². The highest BCUT2D eigenvalue weighted by Crippen LogP contribution is 2.35. The van der Waals surface area contributed by atoms with Crippen molar-refractivity contribution in [3.05, 3.63) is 24.3 Å². The molecule has 0 radical (unpaired) electrons. The maximum absolute atomic E-state index is 12.9. The van der Waals surface area contributed by atoms with Crippen LogP contribution in [-0.4, -0.2) is 38.3 Å². The van der Waals surface area contributed by atoms with Crippen LogP contribution in [0.5, 0.6) is 0 Å². The van der Waals surface area contributed by atoms with Crippen molar-refractivity contribution in [3.8, 4) is 0 Å². The van der Waals surface area contributed by atoms with Crippen LogP contribution in [0.25, 0.3) is 0 Å². The van der Waals surface area contributed by atoms with E-state index in [9.17, 15) is 26.4 Å². The zero-order valence-corrected chi connectivity index (χ0v) is 11.8. The molecular weight excluding hydrogens is 313 g/mol. The van der Waals surface area contributed by atoms with E-state index in [2.05, 4.69) is 0 Å². The number of alkyl halides is 3. The Labute approximate surface area is 119 Å². The standard InChI is InChI=1S/C11H13F3N2O4S/c1-10(9(17)18,11(12,13)14)16-7-5-3-4-6-8(7)21(19,20)15-2/h3-6,15-16H,1-2H3,(H,17,18). The van der Waals surface area contributed by atoms with Gasteiger partial charge in [0.05, 0.1) is 5.69 Å². The summed E-state index contributed by atoms with van der Waals surface area (Å²) >= 11 is 0. The molecule has 1 rings (SSSR count). The molecule has 0 bridgehead atoms. The Kier molecular flexibility index (Phi) is 4.54. The number of hydrogen-bond donors (Lipinski definition) is 3. The summed E-state index contributed by atoms with van der Waals surface area (Å²) in [7, 11) is -2.96. The van der Waals surface area contributed by atoms with E-state index >= 15 is 0 Å². The van der Waals surface area contributed by atoms with Crippen molar-refractivity contribution in [2.45, 2.75) is 23.5 Å². The lowest BCUT2D eigenvalue weighted by Crippen LogP contribution is -2.55. The third-order valence-electron chi connectivity index (χ3n) is 2.82. The van der Waals surface area contributed by atoms with E-state index in [4.69, 9.17) is 5.11 Å². The molecule has 0 heterocycles. The molecule has 1 atom stereocenters.